The predicted molar refractivity (Wildman–Crippen MR) is 85.2 cm³/mol. The number of hydrogen-bond donors (Lipinski definition) is 0. The average Bonchev–Trinajstić information content (AvgIpc) is 2.47. The van der Waals surface area contributed by atoms with Crippen LogP contribution in [0.15, 0.2) is 36.5 Å². The molecule has 4 nitrogen and oxygen atoms in total. The molecule has 0 atom stereocenters. The Labute approximate surface area is 126 Å². The van der Waals surface area contributed by atoms with Gasteiger partial charge in [-0.2, -0.15) is 0 Å². The molecule has 0 saturated carbocycles. The number of rotatable bonds is 7. The molecule has 1 rings (SSSR count). The first-order valence-corrected chi connectivity index (χ1v) is 10.3. The lowest BCUT2D eigenvalue weighted by Crippen LogP contribution is -2.24. The molecule has 0 aliphatic rings. The molecule has 0 N–H and O–H groups in total. The molecular weight excluding hydrogens is 284 g/mol. The van der Waals surface area contributed by atoms with Gasteiger partial charge in [-0.25, -0.2) is 9.59 Å². The Morgan fingerprint density at radius 1 is 1.10 bits per heavy atom. The van der Waals surface area contributed by atoms with E-state index >= 15 is 0 Å². The standard InChI is InChI=1S/C16H22O4Si/c1-5-19-15(17)13-7-9-14(10-8-13)16(18)20-11-12-21(3,4)6-2/h6-10H,2,5,11-12H2,1,3-4H3. The maximum atomic E-state index is 11.9. The van der Waals surface area contributed by atoms with Crippen molar-refractivity contribution in [3.8, 4) is 0 Å². The summed E-state index contributed by atoms with van der Waals surface area (Å²) in [6.45, 7) is 10.6. The van der Waals surface area contributed by atoms with E-state index in [0.29, 0.717) is 24.3 Å². The highest BCUT2D eigenvalue weighted by Crippen LogP contribution is 2.12. The van der Waals surface area contributed by atoms with E-state index in [1.165, 1.54) is 0 Å². The van der Waals surface area contributed by atoms with Crippen molar-refractivity contribution < 1.29 is 19.1 Å². The average molecular weight is 306 g/mol. The molecule has 0 fully saturated rings. The zero-order chi connectivity index (χ0) is 15.9. The van der Waals surface area contributed by atoms with Gasteiger partial charge in [-0.1, -0.05) is 13.1 Å². The van der Waals surface area contributed by atoms with Gasteiger partial charge in [0.2, 0.25) is 0 Å². The molecular formula is C16H22O4Si. The molecule has 0 saturated heterocycles. The summed E-state index contributed by atoms with van der Waals surface area (Å²) in [6, 6.07) is 7.13. The molecule has 0 bridgehead atoms. The quantitative estimate of drug-likeness (QED) is 0.572. The Balaban J connectivity index is 2.55. The maximum absolute atomic E-state index is 11.9. The fourth-order valence-electron chi connectivity index (χ4n) is 1.55. The lowest BCUT2D eigenvalue weighted by atomic mass is 10.1. The van der Waals surface area contributed by atoms with Crippen LogP contribution in [0.1, 0.15) is 27.6 Å². The Hall–Kier alpha value is -1.88. The first kappa shape index (κ1) is 17.2. The minimum atomic E-state index is -1.45. The van der Waals surface area contributed by atoms with E-state index < -0.39 is 14.0 Å². The largest absolute Gasteiger partial charge is 0.462 e. The second kappa shape index (κ2) is 7.78. The fourth-order valence-corrected chi connectivity index (χ4v) is 2.38. The van der Waals surface area contributed by atoms with Crippen molar-refractivity contribution in [1.82, 2.24) is 0 Å². The normalized spacial score (nSPS) is 10.8. The van der Waals surface area contributed by atoms with Crippen LogP contribution in [-0.4, -0.2) is 33.2 Å². The van der Waals surface area contributed by atoms with Crippen LogP contribution in [0.25, 0.3) is 0 Å². The molecule has 1 aromatic carbocycles. The second-order valence-corrected chi connectivity index (χ2v) is 10.3. The van der Waals surface area contributed by atoms with Crippen molar-refractivity contribution in [3.05, 3.63) is 47.7 Å². The number of ether oxygens (including phenoxy) is 2. The maximum Gasteiger partial charge on any atom is 0.338 e. The number of benzene rings is 1. The smallest absolute Gasteiger partial charge is 0.338 e. The summed E-state index contributed by atoms with van der Waals surface area (Å²) in [6.07, 6.45) is 0. The van der Waals surface area contributed by atoms with E-state index in [2.05, 4.69) is 19.7 Å². The van der Waals surface area contributed by atoms with Gasteiger partial charge in [-0.3, -0.25) is 0 Å². The van der Waals surface area contributed by atoms with E-state index in [4.69, 9.17) is 9.47 Å². The molecule has 0 amide bonds. The van der Waals surface area contributed by atoms with Crippen LogP contribution in [0.4, 0.5) is 0 Å². The first-order valence-electron chi connectivity index (χ1n) is 6.97. The molecule has 5 heteroatoms. The Kier molecular flexibility index (Phi) is 6.36. The molecule has 0 unspecified atom stereocenters. The molecule has 0 aromatic heterocycles. The van der Waals surface area contributed by atoms with E-state index in [0.717, 1.165) is 6.04 Å². The number of carbonyl (C=O) groups is 2. The monoisotopic (exact) mass is 306 g/mol. The van der Waals surface area contributed by atoms with Gasteiger partial charge < -0.3 is 9.47 Å². The Morgan fingerprint density at radius 3 is 2.00 bits per heavy atom. The summed E-state index contributed by atoms with van der Waals surface area (Å²) in [4.78, 5) is 23.4. The van der Waals surface area contributed by atoms with Crippen LogP contribution < -0.4 is 0 Å². The summed E-state index contributed by atoms with van der Waals surface area (Å²) < 4.78 is 10.1. The third-order valence-corrected chi connectivity index (χ3v) is 5.76. The molecule has 0 spiro atoms. The zero-order valence-corrected chi connectivity index (χ0v) is 13.8. The van der Waals surface area contributed by atoms with Crippen molar-refractivity contribution >= 4 is 20.0 Å². The minimum absolute atomic E-state index is 0.325. The highest BCUT2D eigenvalue weighted by Gasteiger charge is 2.17. The van der Waals surface area contributed by atoms with Crippen LogP contribution in [0.3, 0.4) is 0 Å². The number of esters is 2. The van der Waals surface area contributed by atoms with E-state index in [9.17, 15) is 9.59 Å². The third-order valence-electron chi connectivity index (χ3n) is 3.16. The number of hydrogen-bond acceptors (Lipinski definition) is 4. The molecule has 21 heavy (non-hydrogen) atoms. The SMILES string of the molecule is C=C[Si](C)(C)CCOC(=O)c1ccc(C(=O)OCC)cc1. The van der Waals surface area contributed by atoms with E-state index in [1.807, 2.05) is 5.70 Å². The molecule has 0 radical (unpaired) electrons. The molecule has 0 heterocycles. The van der Waals surface area contributed by atoms with E-state index in [-0.39, 0.29) is 5.97 Å². The van der Waals surface area contributed by atoms with Crippen LogP contribution >= 0.6 is 0 Å². The van der Waals surface area contributed by atoms with Gasteiger partial charge in [0.15, 0.2) is 0 Å². The molecule has 1 aromatic rings. The number of carbonyl (C=O) groups excluding carboxylic acids is 2. The summed E-state index contributed by atoms with van der Waals surface area (Å²) in [5.74, 6) is -0.768. The minimum Gasteiger partial charge on any atom is -0.462 e. The van der Waals surface area contributed by atoms with Gasteiger partial charge in [-0.15, -0.1) is 12.3 Å². The van der Waals surface area contributed by atoms with Gasteiger partial charge in [0.25, 0.3) is 0 Å². The molecule has 0 aliphatic heterocycles. The van der Waals surface area contributed by atoms with Crippen LogP contribution in [0.2, 0.25) is 19.1 Å². The summed E-state index contributed by atoms with van der Waals surface area (Å²) in [5, 5.41) is 0. The molecule has 114 valence electrons. The van der Waals surface area contributed by atoms with Gasteiger partial charge in [0.1, 0.15) is 0 Å². The fraction of sp³-hybridized carbons (Fsp3) is 0.375. The van der Waals surface area contributed by atoms with Crippen molar-refractivity contribution in [2.24, 2.45) is 0 Å². The van der Waals surface area contributed by atoms with Crippen LogP contribution in [-0.2, 0) is 9.47 Å². The summed E-state index contributed by atoms with van der Waals surface area (Å²) >= 11 is 0. The first-order chi connectivity index (χ1) is 9.89. The van der Waals surface area contributed by atoms with Crippen LogP contribution in [0.5, 0.6) is 0 Å². The van der Waals surface area contributed by atoms with Crippen molar-refractivity contribution in [3.63, 3.8) is 0 Å². The lowest BCUT2D eigenvalue weighted by Gasteiger charge is -2.16. The summed E-state index contributed by atoms with van der Waals surface area (Å²) in [7, 11) is -1.45. The highest BCUT2D eigenvalue weighted by molar-refractivity contribution is 6.82. The van der Waals surface area contributed by atoms with Gasteiger partial charge in [0.05, 0.1) is 32.4 Å². The Morgan fingerprint density at radius 2 is 1.57 bits per heavy atom. The third kappa shape index (κ3) is 5.55. The van der Waals surface area contributed by atoms with Gasteiger partial charge >= 0.3 is 11.9 Å². The zero-order valence-electron chi connectivity index (χ0n) is 12.8. The van der Waals surface area contributed by atoms with Crippen molar-refractivity contribution in [2.75, 3.05) is 13.2 Å². The van der Waals surface area contributed by atoms with Crippen molar-refractivity contribution in [2.45, 2.75) is 26.1 Å². The summed E-state index contributed by atoms with van der Waals surface area (Å²) in [5.41, 5.74) is 2.84. The second-order valence-electron chi connectivity index (χ2n) is 5.38. The van der Waals surface area contributed by atoms with Crippen molar-refractivity contribution in [1.29, 1.82) is 0 Å². The lowest BCUT2D eigenvalue weighted by molar-refractivity contribution is 0.0511. The van der Waals surface area contributed by atoms with Crippen LogP contribution in [0, 0.1) is 0 Å². The predicted octanol–water partition coefficient (Wildman–Crippen LogP) is 3.45. The highest BCUT2D eigenvalue weighted by atomic mass is 28.3. The van der Waals surface area contributed by atoms with Gasteiger partial charge in [0, 0.05) is 0 Å². The topological polar surface area (TPSA) is 52.6 Å². The van der Waals surface area contributed by atoms with E-state index in [1.54, 1.807) is 31.2 Å². The molecule has 0 aliphatic carbocycles. The van der Waals surface area contributed by atoms with Gasteiger partial charge in [-0.05, 0) is 37.2 Å². The Bertz CT molecular complexity index is 506.